The van der Waals surface area contributed by atoms with Crippen molar-refractivity contribution in [3.63, 3.8) is 0 Å². The van der Waals surface area contributed by atoms with E-state index in [1.165, 1.54) is 0 Å². The zero-order chi connectivity index (χ0) is 16.4. The van der Waals surface area contributed by atoms with Gasteiger partial charge in [-0.15, -0.1) is 0 Å². The van der Waals surface area contributed by atoms with Crippen LogP contribution >= 0.6 is 15.9 Å². The van der Waals surface area contributed by atoms with Gasteiger partial charge in [0.2, 0.25) is 0 Å². The Morgan fingerprint density at radius 1 is 1.39 bits per heavy atom. The van der Waals surface area contributed by atoms with Crippen LogP contribution in [0, 0.1) is 0 Å². The highest BCUT2D eigenvalue weighted by molar-refractivity contribution is 9.10. The Bertz CT molecular complexity index is 765. The molecular formula is C16H16BrN3O3. The van der Waals surface area contributed by atoms with Crippen LogP contribution in [0.3, 0.4) is 0 Å². The van der Waals surface area contributed by atoms with Gasteiger partial charge in [0.15, 0.2) is 0 Å². The Morgan fingerprint density at radius 2 is 2.22 bits per heavy atom. The molecule has 2 amide bonds. The third-order valence-corrected chi connectivity index (χ3v) is 4.48. The molecule has 3 rings (SSSR count). The molecular weight excluding hydrogens is 362 g/mol. The van der Waals surface area contributed by atoms with E-state index in [9.17, 15) is 9.59 Å². The topological polar surface area (TPSA) is 85.5 Å². The first-order valence-electron chi connectivity index (χ1n) is 7.34. The molecule has 0 saturated carbocycles. The maximum absolute atomic E-state index is 12.9. The van der Waals surface area contributed by atoms with Crippen LogP contribution in [-0.2, 0) is 4.74 Å². The van der Waals surface area contributed by atoms with Crippen molar-refractivity contribution in [3.8, 4) is 0 Å². The Balaban J connectivity index is 1.89. The van der Waals surface area contributed by atoms with Gasteiger partial charge < -0.3 is 15.4 Å². The summed E-state index contributed by atoms with van der Waals surface area (Å²) >= 11 is 3.41. The van der Waals surface area contributed by atoms with Crippen LogP contribution in [0.15, 0.2) is 34.9 Å². The molecule has 6 nitrogen and oxygen atoms in total. The molecule has 2 N–H and O–H groups in total. The normalized spacial score (nSPS) is 17.4. The number of nitrogens with two attached hydrogens (primary N) is 1. The lowest BCUT2D eigenvalue weighted by Crippen LogP contribution is -2.39. The van der Waals surface area contributed by atoms with Crippen LogP contribution in [0.5, 0.6) is 0 Å². The average Bonchev–Trinajstić information content (AvgIpc) is 2.99. The zero-order valence-corrected chi connectivity index (χ0v) is 14.0. The first-order valence-corrected chi connectivity index (χ1v) is 8.13. The fourth-order valence-corrected chi connectivity index (χ4v) is 3.27. The zero-order valence-electron chi connectivity index (χ0n) is 12.4. The van der Waals surface area contributed by atoms with Crippen molar-refractivity contribution in [1.82, 2.24) is 9.88 Å². The quantitative estimate of drug-likeness (QED) is 0.890. The number of amides is 2. The molecule has 2 aromatic rings. The summed E-state index contributed by atoms with van der Waals surface area (Å²) in [6.07, 6.45) is 2.50. The highest BCUT2D eigenvalue weighted by atomic mass is 79.9. The summed E-state index contributed by atoms with van der Waals surface area (Å²) in [4.78, 5) is 29.8. The van der Waals surface area contributed by atoms with Gasteiger partial charge in [0, 0.05) is 22.6 Å². The first-order chi connectivity index (χ1) is 11.1. The number of fused-ring (bicyclic) bond motifs is 1. The number of aromatic nitrogens is 1. The van der Waals surface area contributed by atoms with E-state index in [4.69, 9.17) is 10.5 Å². The van der Waals surface area contributed by atoms with Crippen LogP contribution in [0.2, 0.25) is 0 Å². The fraction of sp³-hybridized carbons (Fsp3) is 0.312. The minimum atomic E-state index is -0.816. The van der Waals surface area contributed by atoms with Gasteiger partial charge in [0.05, 0.1) is 17.1 Å². The minimum Gasteiger partial charge on any atom is -0.448 e. The Morgan fingerprint density at radius 3 is 3.00 bits per heavy atom. The smallest absolute Gasteiger partial charge is 0.404 e. The minimum absolute atomic E-state index is 0.0738. The molecule has 1 atom stereocenters. The van der Waals surface area contributed by atoms with E-state index in [1.54, 1.807) is 17.2 Å². The number of pyridine rings is 1. The summed E-state index contributed by atoms with van der Waals surface area (Å²) in [6, 6.07) is 7.24. The van der Waals surface area contributed by atoms with Gasteiger partial charge in [-0.05, 0) is 31.0 Å². The molecule has 1 aromatic carbocycles. The highest BCUT2D eigenvalue weighted by Gasteiger charge is 2.31. The molecule has 0 spiro atoms. The molecule has 1 unspecified atom stereocenters. The van der Waals surface area contributed by atoms with Gasteiger partial charge in [0.1, 0.15) is 6.61 Å². The number of carbonyl (C=O) groups is 2. The Hall–Kier alpha value is -2.15. The predicted octanol–water partition coefficient (Wildman–Crippen LogP) is 2.70. The number of carbonyl (C=O) groups excluding carboxylic acids is 2. The molecule has 1 aliphatic heterocycles. The lowest BCUT2D eigenvalue weighted by atomic mass is 10.1. The van der Waals surface area contributed by atoms with Crippen molar-refractivity contribution in [2.45, 2.75) is 18.9 Å². The van der Waals surface area contributed by atoms with Crippen LogP contribution in [0.1, 0.15) is 23.2 Å². The summed E-state index contributed by atoms with van der Waals surface area (Å²) < 4.78 is 5.78. The van der Waals surface area contributed by atoms with Gasteiger partial charge in [-0.3, -0.25) is 9.78 Å². The number of rotatable bonds is 3. The van der Waals surface area contributed by atoms with Gasteiger partial charge >= 0.3 is 6.09 Å². The van der Waals surface area contributed by atoms with E-state index in [0.717, 1.165) is 28.2 Å². The third-order valence-electron chi connectivity index (χ3n) is 3.99. The van der Waals surface area contributed by atoms with E-state index in [0.29, 0.717) is 12.1 Å². The third kappa shape index (κ3) is 3.29. The number of ether oxygens (including phenoxy) is 1. The Labute approximate surface area is 141 Å². The lowest BCUT2D eigenvalue weighted by molar-refractivity contribution is 0.0648. The second-order valence-electron chi connectivity index (χ2n) is 5.44. The van der Waals surface area contributed by atoms with E-state index in [1.807, 2.05) is 18.2 Å². The summed E-state index contributed by atoms with van der Waals surface area (Å²) in [7, 11) is 0. The van der Waals surface area contributed by atoms with Crippen LogP contribution < -0.4 is 5.73 Å². The van der Waals surface area contributed by atoms with Gasteiger partial charge in [-0.1, -0.05) is 22.0 Å². The van der Waals surface area contributed by atoms with Crippen molar-refractivity contribution in [2.75, 3.05) is 13.2 Å². The SMILES string of the molecule is NC(=O)OCC1CCCN1C(=O)c1ccnc2cc(Br)ccc12. The molecule has 1 aromatic heterocycles. The first kappa shape index (κ1) is 15.7. The van der Waals surface area contributed by atoms with Crippen LogP contribution in [0.4, 0.5) is 4.79 Å². The second-order valence-corrected chi connectivity index (χ2v) is 6.36. The lowest BCUT2D eigenvalue weighted by Gasteiger charge is -2.24. The standard InChI is InChI=1S/C16H16BrN3O3/c17-10-3-4-12-13(5-6-19-14(12)8-10)15(21)20-7-1-2-11(20)9-23-16(18)22/h3-6,8,11H,1-2,7,9H2,(H2,18,22). The van der Waals surface area contributed by atoms with E-state index >= 15 is 0 Å². The largest absolute Gasteiger partial charge is 0.448 e. The summed E-state index contributed by atoms with van der Waals surface area (Å²) in [5, 5.41) is 0.808. The molecule has 7 heteroatoms. The fourth-order valence-electron chi connectivity index (χ4n) is 2.92. The average molecular weight is 378 g/mol. The molecule has 0 bridgehead atoms. The number of likely N-dealkylation sites (tertiary alicyclic amines) is 1. The van der Waals surface area contributed by atoms with Gasteiger partial charge in [-0.2, -0.15) is 0 Å². The molecule has 0 aliphatic carbocycles. The van der Waals surface area contributed by atoms with Gasteiger partial charge in [0.25, 0.3) is 5.91 Å². The monoisotopic (exact) mass is 377 g/mol. The van der Waals surface area contributed by atoms with Crippen molar-refractivity contribution >= 4 is 38.8 Å². The molecule has 1 aliphatic rings. The summed E-state index contributed by atoms with van der Waals surface area (Å²) in [6.45, 7) is 0.779. The molecule has 120 valence electrons. The number of nitrogens with zero attached hydrogens (tertiary/aromatic N) is 2. The predicted molar refractivity (Wildman–Crippen MR) is 89.0 cm³/mol. The maximum Gasteiger partial charge on any atom is 0.404 e. The molecule has 2 heterocycles. The number of halogens is 1. The van der Waals surface area contributed by atoms with Crippen molar-refractivity contribution in [1.29, 1.82) is 0 Å². The van der Waals surface area contributed by atoms with Crippen LogP contribution in [-0.4, -0.2) is 41.1 Å². The Kier molecular flexibility index (Phi) is 4.47. The second kappa shape index (κ2) is 6.54. The van der Waals surface area contributed by atoms with E-state index in [-0.39, 0.29) is 18.6 Å². The summed E-state index contributed by atoms with van der Waals surface area (Å²) in [5.41, 5.74) is 6.38. The van der Waals surface area contributed by atoms with Gasteiger partial charge in [-0.25, -0.2) is 4.79 Å². The van der Waals surface area contributed by atoms with Crippen molar-refractivity contribution in [2.24, 2.45) is 5.73 Å². The van der Waals surface area contributed by atoms with Crippen molar-refractivity contribution < 1.29 is 14.3 Å². The number of hydrogen-bond acceptors (Lipinski definition) is 4. The highest BCUT2D eigenvalue weighted by Crippen LogP contribution is 2.25. The molecule has 23 heavy (non-hydrogen) atoms. The molecule has 1 fully saturated rings. The van der Waals surface area contributed by atoms with Crippen molar-refractivity contribution in [3.05, 3.63) is 40.5 Å². The van der Waals surface area contributed by atoms with E-state index < -0.39 is 6.09 Å². The number of primary amides is 1. The maximum atomic E-state index is 12.9. The number of hydrogen-bond donors (Lipinski definition) is 1. The molecule has 0 radical (unpaired) electrons. The van der Waals surface area contributed by atoms with E-state index in [2.05, 4.69) is 20.9 Å². The summed E-state index contributed by atoms with van der Waals surface area (Å²) in [5.74, 6) is -0.0738. The molecule has 1 saturated heterocycles. The van der Waals surface area contributed by atoms with Crippen LogP contribution in [0.25, 0.3) is 10.9 Å². The number of benzene rings is 1.